The predicted molar refractivity (Wildman–Crippen MR) is 131 cm³/mol. The molecule has 34 heavy (non-hydrogen) atoms. The molecule has 1 saturated heterocycles. The van der Waals surface area contributed by atoms with E-state index >= 15 is 0 Å². The van der Waals surface area contributed by atoms with E-state index < -0.39 is 0 Å². The summed E-state index contributed by atoms with van der Waals surface area (Å²) < 4.78 is 10.6. The van der Waals surface area contributed by atoms with E-state index in [4.69, 9.17) is 14.5 Å². The lowest BCUT2D eigenvalue weighted by molar-refractivity contribution is 0.0384. The number of benzene rings is 1. The monoisotopic (exact) mass is 458 g/mol. The molecule has 4 heterocycles. The fourth-order valence-electron chi connectivity index (χ4n) is 4.01. The van der Waals surface area contributed by atoms with Crippen LogP contribution in [-0.4, -0.2) is 64.8 Å². The van der Waals surface area contributed by atoms with E-state index in [1.807, 2.05) is 24.3 Å². The Kier molecular flexibility index (Phi) is 6.46. The van der Waals surface area contributed by atoms with Crippen molar-refractivity contribution in [3.63, 3.8) is 0 Å². The number of anilines is 2. The van der Waals surface area contributed by atoms with Crippen molar-refractivity contribution in [2.24, 2.45) is 0 Å². The molecule has 2 N–H and O–H groups in total. The molecule has 1 aliphatic heterocycles. The van der Waals surface area contributed by atoms with E-state index in [1.54, 1.807) is 19.5 Å². The number of methoxy groups -OCH3 is 1. The number of aromatic amines is 1. The summed E-state index contributed by atoms with van der Waals surface area (Å²) in [5.41, 5.74) is 3.05. The van der Waals surface area contributed by atoms with Crippen LogP contribution < -0.4 is 15.6 Å². The molecular formula is C25H26N6O3. The van der Waals surface area contributed by atoms with Gasteiger partial charge in [-0.25, -0.2) is 9.97 Å². The first-order valence-corrected chi connectivity index (χ1v) is 11.2. The molecular weight excluding hydrogens is 432 g/mol. The molecule has 0 unspecified atom stereocenters. The van der Waals surface area contributed by atoms with Crippen LogP contribution in [0.5, 0.6) is 5.88 Å². The number of pyridine rings is 2. The number of fused-ring (bicyclic) bond motifs is 1. The van der Waals surface area contributed by atoms with Crippen molar-refractivity contribution in [1.29, 1.82) is 0 Å². The average molecular weight is 459 g/mol. The zero-order chi connectivity index (χ0) is 23.3. The van der Waals surface area contributed by atoms with Crippen molar-refractivity contribution in [2.75, 3.05) is 45.3 Å². The standard InChI is InChI=1S/C25H26N6O3/c1-33-22-16-26-15-21(29-22)20-14-18-6-8-27-25(32)23(18)24(30-20)28-19-4-2-17(3-5-19)7-9-31-10-12-34-13-11-31/h2-6,8,14-16H,7,9-13H2,1H3,(H,27,32)(H,28,30). The van der Waals surface area contributed by atoms with E-state index in [0.717, 1.165) is 50.3 Å². The van der Waals surface area contributed by atoms with E-state index in [0.29, 0.717) is 28.5 Å². The van der Waals surface area contributed by atoms with Crippen LogP contribution in [0.4, 0.5) is 11.5 Å². The largest absolute Gasteiger partial charge is 0.480 e. The summed E-state index contributed by atoms with van der Waals surface area (Å²) in [4.78, 5) is 31.1. The van der Waals surface area contributed by atoms with Crippen LogP contribution >= 0.6 is 0 Å². The van der Waals surface area contributed by atoms with Crippen LogP contribution in [0.1, 0.15) is 5.56 Å². The number of morpholine rings is 1. The second-order valence-electron chi connectivity index (χ2n) is 8.10. The summed E-state index contributed by atoms with van der Waals surface area (Å²) in [6.45, 7) is 4.61. The fourth-order valence-corrected chi connectivity index (χ4v) is 4.01. The van der Waals surface area contributed by atoms with E-state index in [9.17, 15) is 4.79 Å². The van der Waals surface area contributed by atoms with Gasteiger partial charge in [-0.2, -0.15) is 0 Å². The molecule has 9 nitrogen and oxygen atoms in total. The molecule has 0 spiro atoms. The highest BCUT2D eigenvalue weighted by atomic mass is 16.5. The normalized spacial score (nSPS) is 14.3. The molecule has 3 aromatic heterocycles. The van der Waals surface area contributed by atoms with Crippen LogP contribution in [0, 0.1) is 0 Å². The first-order valence-electron chi connectivity index (χ1n) is 11.2. The Morgan fingerprint density at radius 1 is 1.09 bits per heavy atom. The van der Waals surface area contributed by atoms with Crippen molar-refractivity contribution in [1.82, 2.24) is 24.8 Å². The number of rotatable bonds is 7. The SMILES string of the molecule is COc1cncc(-c2cc3cc[nH]c(=O)c3c(Nc3ccc(CCN4CCOCC4)cc3)n2)n1. The Morgan fingerprint density at radius 2 is 1.91 bits per heavy atom. The highest BCUT2D eigenvalue weighted by Crippen LogP contribution is 2.27. The van der Waals surface area contributed by atoms with Crippen LogP contribution in [0.3, 0.4) is 0 Å². The Labute approximate surface area is 196 Å². The van der Waals surface area contributed by atoms with Crippen molar-refractivity contribution in [2.45, 2.75) is 6.42 Å². The highest BCUT2D eigenvalue weighted by molar-refractivity contribution is 5.94. The fraction of sp³-hybridized carbons (Fsp3) is 0.280. The molecule has 1 fully saturated rings. The lowest BCUT2D eigenvalue weighted by Gasteiger charge is -2.26. The molecule has 0 saturated carbocycles. The van der Waals surface area contributed by atoms with Gasteiger partial charge in [-0.05, 0) is 41.6 Å². The van der Waals surface area contributed by atoms with Gasteiger partial charge >= 0.3 is 0 Å². The summed E-state index contributed by atoms with van der Waals surface area (Å²) in [5, 5.41) is 4.56. The number of H-pyrrole nitrogens is 1. The van der Waals surface area contributed by atoms with Crippen LogP contribution in [-0.2, 0) is 11.2 Å². The number of nitrogens with one attached hydrogen (secondary N) is 2. The van der Waals surface area contributed by atoms with Crippen LogP contribution in [0.2, 0.25) is 0 Å². The quantitative estimate of drug-likeness (QED) is 0.436. The molecule has 0 bridgehead atoms. The molecule has 4 aromatic rings. The van der Waals surface area contributed by atoms with E-state index in [-0.39, 0.29) is 5.56 Å². The number of hydrogen-bond acceptors (Lipinski definition) is 8. The molecule has 174 valence electrons. The van der Waals surface area contributed by atoms with Gasteiger partial charge in [0.05, 0.1) is 43.8 Å². The van der Waals surface area contributed by atoms with Gasteiger partial charge in [0.2, 0.25) is 5.88 Å². The topological polar surface area (TPSA) is 105 Å². The zero-order valence-corrected chi connectivity index (χ0v) is 19.0. The van der Waals surface area contributed by atoms with E-state index in [1.165, 1.54) is 11.8 Å². The molecule has 1 aromatic carbocycles. The third-order valence-electron chi connectivity index (χ3n) is 5.88. The first kappa shape index (κ1) is 22.0. The summed E-state index contributed by atoms with van der Waals surface area (Å²) in [5.74, 6) is 0.854. The number of ether oxygens (including phenoxy) is 2. The summed E-state index contributed by atoms with van der Waals surface area (Å²) in [7, 11) is 1.54. The Morgan fingerprint density at radius 3 is 2.71 bits per heavy atom. The number of hydrogen-bond donors (Lipinski definition) is 2. The van der Waals surface area contributed by atoms with Gasteiger partial charge in [-0.15, -0.1) is 0 Å². The molecule has 0 radical (unpaired) electrons. The van der Waals surface area contributed by atoms with Gasteiger partial charge in [0.1, 0.15) is 11.5 Å². The minimum Gasteiger partial charge on any atom is -0.480 e. The van der Waals surface area contributed by atoms with Gasteiger partial charge in [-0.1, -0.05) is 12.1 Å². The average Bonchev–Trinajstić information content (AvgIpc) is 2.89. The smallest absolute Gasteiger partial charge is 0.259 e. The predicted octanol–water partition coefficient (Wildman–Crippen LogP) is 3.01. The summed E-state index contributed by atoms with van der Waals surface area (Å²) in [6.07, 6.45) is 5.76. The zero-order valence-electron chi connectivity index (χ0n) is 19.0. The number of nitrogens with zero attached hydrogens (tertiary/aromatic N) is 4. The first-order chi connectivity index (χ1) is 16.7. The van der Waals surface area contributed by atoms with Gasteiger partial charge in [0, 0.05) is 31.5 Å². The van der Waals surface area contributed by atoms with Crippen molar-refractivity contribution in [3.05, 3.63) is 70.9 Å². The van der Waals surface area contributed by atoms with Gasteiger partial charge < -0.3 is 19.8 Å². The molecule has 1 aliphatic rings. The minimum atomic E-state index is -0.210. The second-order valence-corrected chi connectivity index (χ2v) is 8.10. The molecule has 5 rings (SSSR count). The summed E-state index contributed by atoms with van der Waals surface area (Å²) in [6, 6.07) is 11.9. The lowest BCUT2D eigenvalue weighted by Crippen LogP contribution is -2.37. The minimum absolute atomic E-state index is 0.210. The third-order valence-corrected chi connectivity index (χ3v) is 5.88. The number of aromatic nitrogens is 4. The Bertz CT molecular complexity index is 1330. The molecule has 0 aliphatic carbocycles. The van der Waals surface area contributed by atoms with E-state index in [2.05, 4.69) is 37.3 Å². The van der Waals surface area contributed by atoms with Crippen molar-refractivity contribution >= 4 is 22.3 Å². The summed E-state index contributed by atoms with van der Waals surface area (Å²) >= 11 is 0. The maximum absolute atomic E-state index is 12.6. The molecule has 0 amide bonds. The Hall–Kier alpha value is -3.82. The Balaban J connectivity index is 1.41. The van der Waals surface area contributed by atoms with Gasteiger partial charge in [-0.3, -0.25) is 14.7 Å². The van der Waals surface area contributed by atoms with Crippen molar-refractivity contribution < 1.29 is 9.47 Å². The van der Waals surface area contributed by atoms with Crippen molar-refractivity contribution in [3.8, 4) is 17.3 Å². The second kappa shape index (κ2) is 9.98. The highest BCUT2D eigenvalue weighted by Gasteiger charge is 2.14. The molecule has 9 heteroatoms. The lowest BCUT2D eigenvalue weighted by atomic mass is 10.1. The van der Waals surface area contributed by atoms with Gasteiger partial charge in [0.25, 0.3) is 5.56 Å². The van der Waals surface area contributed by atoms with Gasteiger partial charge in [0.15, 0.2) is 0 Å². The van der Waals surface area contributed by atoms with Crippen LogP contribution in [0.25, 0.3) is 22.2 Å². The maximum atomic E-state index is 12.6. The third kappa shape index (κ3) is 4.90. The van der Waals surface area contributed by atoms with Crippen LogP contribution in [0.15, 0.2) is 59.8 Å². The molecule has 0 atom stereocenters. The maximum Gasteiger partial charge on any atom is 0.259 e.